The Bertz CT molecular complexity index is 178. The van der Waals surface area contributed by atoms with E-state index in [0.29, 0.717) is 0 Å². The number of ether oxygens (including phenoxy) is 2. The number of esters is 2. The van der Waals surface area contributed by atoms with Gasteiger partial charge in [0.15, 0.2) is 0 Å². The zero-order chi connectivity index (χ0) is 9.40. The van der Waals surface area contributed by atoms with Gasteiger partial charge in [0.05, 0.1) is 6.42 Å². The lowest BCUT2D eigenvalue weighted by Gasteiger charge is -2.00. The zero-order valence-corrected chi connectivity index (χ0v) is 8.00. The fraction of sp³-hybridized carbons (Fsp3) is 0.429. The Morgan fingerprint density at radius 3 is 2.58 bits per heavy atom. The molecule has 0 radical (unpaired) electrons. The molecule has 0 aliphatic heterocycles. The van der Waals surface area contributed by atoms with Gasteiger partial charge in [-0.05, 0) is 15.9 Å². The first-order valence-corrected chi connectivity index (χ1v) is 4.33. The molecule has 12 heavy (non-hydrogen) atoms. The number of rotatable bonds is 5. The molecule has 5 heteroatoms. The number of carbonyl (C=O) groups is 2. The number of carbonyl (C=O) groups excluding carboxylic acids is 2. The number of hydrogen-bond donors (Lipinski definition) is 0. The van der Waals surface area contributed by atoms with Crippen molar-refractivity contribution in [2.45, 2.75) is 6.42 Å². The Hall–Kier alpha value is -0.840. The first-order chi connectivity index (χ1) is 5.70. The van der Waals surface area contributed by atoms with Crippen LogP contribution >= 0.6 is 15.9 Å². The molecular weight excluding hydrogens is 228 g/mol. The van der Waals surface area contributed by atoms with Crippen molar-refractivity contribution in [1.82, 2.24) is 0 Å². The predicted molar refractivity (Wildman–Crippen MR) is 45.7 cm³/mol. The Balaban J connectivity index is 3.36. The molecule has 0 atom stereocenters. The van der Waals surface area contributed by atoms with Gasteiger partial charge in [0.2, 0.25) is 0 Å². The minimum atomic E-state index is -0.540. The summed E-state index contributed by atoms with van der Waals surface area (Å²) in [4.78, 5) is 21.1. The SMILES string of the molecule is C=CC(=O)OCCC(=O)OCBr. The summed E-state index contributed by atoms with van der Waals surface area (Å²) in [6.45, 7) is 3.22. The second-order valence-corrected chi connectivity index (χ2v) is 2.20. The van der Waals surface area contributed by atoms with Crippen molar-refractivity contribution in [3.8, 4) is 0 Å². The topological polar surface area (TPSA) is 52.6 Å². The first kappa shape index (κ1) is 11.2. The largest absolute Gasteiger partial charge is 0.462 e. The van der Waals surface area contributed by atoms with E-state index in [0.717, 1.165) is 6.08 Å². The van der Waals surface area contributed by atoms with Crippen molar-refractivity contribution in [3.63, 3.8) is 0 Å². The van der Waals surface area contributed by atoms with Crippen molar-refractivity contribution in [1.29, 1.82) is 0 Å². The standard InChI is InChI=1S/C7H9BrO4/c1-2-6(9)11-4-3-7(10)12-5-8/h2H,1,3-5H2. The van der Waals surface area contributed by atoms with Gasteiger partial charge in [-0.15, -0.1) is 0 Å². The van der Waals surface area contributed by atoms with Gasteiger partial charge in [-0.1, -0.05) is 6.58 Å². The van der Waals surface area contributed by atoms with Crippen LogP contribution < -0.4 is 0 Å². The maximum atomic E-state index is 10.6. The number of halogens is 1. The van der Waals surface area contributed by atoms with Gasteiger partial charge in [-0.3, -0.25) is 4.79 Å². The van der Waals surface area contributed by atoms with Gasteiger partial charge in [-0.2, -0.15) is 0 Å². The quantitative estimate of drug-likeness (QED) is 0.406. The highest BCUT2D eigenvalue weighted by molar-refractivity contribution is 9.09. The Morgan fingerprint density at radius 1 is 1.42 bits per heavy atom. The van der Waals surface area contributed by atoms with Crippen LogP contribution in [0.3, 0.4) is 0 Å². The Morgan fingerprint density at radius 2 is 2.08 bits per heavy atom. The van der Waals surface area contributed by atoms with Crippen LogP contribution in [-0.4, -0.2) is 24.1 Å². The average Bonchev–Trinajstić information content (AvgIpc) is 2.04. The number of alkyl halides is 1. The molecule has 0 aliphatic carbocycles. The van der Waals surface area contributed by atoms with E-state index in [1.54, 1.807) is 0 Å². The zero-order valence-electron chi connectivity index (χ0n) is 6.42. The van der Waals surface area contributed by atoms with E-state index in [9.17, 15) is 9.59 Å². The van der Waals surface area contributed by atoms with E-state index in [1.807, 2.05) is 0 Å². The lowest BCUT2D eigenvalue weighted by atomic mass is 10.5. The van der Waals surface area contributed by atoms with Crippen LogP contribution in [0.15, 0.2) is 12.7 Å². The van der Waals surface area contributed by atoms with Crippen LogP contribution in [0.2, 0.25) is 0 Å². The summed E-state index contributed by atoms with van der Waals surface area (Å²) in [5.41, 5.74) is 0.154. The summed E-state index contributed by atoms with van der Waals surface area (Å²) in [5, 5.41) is 0. The smallest absolute Gasteiger partial charge is 0.330 e. The van der Waals surface area contributed by atoms with Crippen molar-refractivity contribution >= 4 is 27.9 Å². The maximum absolute atomic E-state index is 10.6. The molecule has 0 amide bonds. The van der Waals surface area contributed by atoms with Gasteiger partial charge in [-0.25, -0.2) is 4.79 Å². The molecule has 0 N–H and O–H groups in total. The van der Waals surface area contributed by atoms with Crippen LogP contribution in [0.5, 0.6) is 0 Å². The van der Waals surface area contributed by atoms with E-state index >= 15 is 0 Å². The summed E-state index contributed by atoms with van der Waals surface area (Å²) in [6.07, 6.45) is 1.10. The third-order valence-corrected chi connectivity index (χ3v) is 1.16. The van der Waals surface area contributed by atoms with E-state index < -0.39 is 11.9 Å². The fourth-order valence-corrected chi connectivity index (χ4v) is 0.682. The molecule has 0 aromatic heterocycles. The summed E-state index contributed by atoms with van der Waals surface area (Å²) < 4.78 is 9.05. The van der Waals surface area contributed by atoms with E-state index in [1.165, 1.54) is 0 Å². The average molecular weight is 237 g/mol. The van der Waals surface area contributed by atoms with Crippen LogP contribution in [0, 0.1) is 0 Å². The van der Waals surface area contributed by atoms with Gasteiger partial charge in [0.1, 0.15) is 12.1 Å². The van der Waals surface area contributed by atoms with Gasteiger partial charge >= 0.3 is 11.9 Å². The predicted octanol–water partition coefficient (Wildman–Crippen LogP) is 1.00. The van der Waals surface area contributed by atoms with Crippen LogP contribution in [-0.2, 0) is 19.1 Å². The van der Waals surface area contributed by atoms with Crippen LogP contribution in [0.25, 0.3) is 0 Å². The van der Waals surface area contributed by atoms with Crippen LogP contribution in [0.1, 0.15) is 6.42 Å². The summed E-state index contributed by atoms with van der Waals surface area (Å²) in [5.74, 6) is -0.953. The molecule has 0 saturated heterocycles. The lowest BCUT2D eigenvalue weighted by Crippen LogP contribution is -2.09. The molecule has 0 heterocycles. The molecule has 0 aromatic carbocycles. The molecule has 0 rings (SSSR count). The summed E-state index contributed by atoms with van der Waals surface area (Å²) in [7, 11) is 0. The van der Waals surface area contributed by atoms with Crippen molar-refractivity contribution in [2.75, 3.05) is 12.1 Å². The van der Waals surface area contributed by atoms with Gasteiger partial charge in [0, 0.05) is 6.08 Å². The van der Waals surface area contributed by atoms with Crippen molar-refractivity contribution in [3.05, 3.63) is 12.7 Å². The van der Waals surface area contributed by atoms with Crippen LogP contribution in [0.4, 0.5) is 0 Å². The third-order valence-electron chi connectivity index (χ3n) is 0.933. The summed E-state index contributed by atoms with van der Waals surface area (Å²) in [6, 6.07) is 0. The normalized spacial score (nSPS) is 8.75. The van der Waals surface area contributed by atoms with Gasteiger partial charge in [0.25, 0.3) is 0 Å². The third kappa shape index (κ3) is 5.91. The molecule has 0 saturated carbocycles. The van der Waals surface area contributed by atoms with E-state index in [-0.39, 0.29) is 18.5 Å². The fourth-order valence-electron chi connectivity index (χ4n) is 0.427. The molecule has 0 bridgehead atoms. The minimum absolute atomic E-state index is 0.0245. The monoisotopic (exact) mass is 236 g/mol. The second-order valence-electron chi connectivity index (χ2n) is 1.75. The lowest BCUT2D eigenvalue weighted by molar-refractivity contribution is -0.145. The molecule has 0 unspecified atom stereocenters. The highest BCUT2D eigenvalue weighted by Crippen LogP contribution is 1.91. The molecular formula is C7H9BrO4. The van der Waals surface area contributed by atoms with E-state index in [4.69, 9.17) is 0 Å². The van der Waals surface area contributed by atoms with E-state index in [2.05, 4.69) is 32.0 Å². The molecule has 68 valence electrons. The summed E-state index contributed by atoms with van der Waals surface area (Å²) >= 11 is 2.92. The highest BCUT2D eigenvalue weighted by atomic mass is 79.9. The molecule has 4 nitrogen and oxygen atoms in total. The second kappa shape index (κ2) is 6.84. The van der Waals surface area contributed by atoms with Crippen molar-refractivity contribution < 1.29 is 19.1 Å². The maximum Gasteiger partial charge on any atom is 0.330 e. The Kier molecular flexibility index (Phi) is 6.37. The Labute approximate surface area is 78.7 Å². The molecule has 0 spiro atoms. The number of hydrogen-bond acceptors (Lipinski definition) is 4. The first-order valence-electron chi connectivity index (χ1n) is 3.21. The molecule has 0 aliphatic rings. The van der Waals surface area contributed by atoms with Gasteiger partial charge < -0.3 is 9.47 Å². The molecule has 0 fully saturated rings. The highest BCUT2D eigenvalue weighted by Gasteiger charge is 2.02. The molecule has 0 aromatic rings. The minimum Gasteiger partial charge on any atom is -0.462 e. The van der Waals surface area contributed by atoms with Crippen molar-refractivity contribution in [2.24, 2.45) is 0 Å².